The third-order valence-corrected chi connectivity index (χ3v) is 6.32. The second kappa shape index (κ2) is 9.92. The van der Waals surface area contributed by atoms with E-state index in [0.29, 0.717) is 23.1 Å². The summed E-state index contributed by atoms with van der Waals surface area (Å²) in [5.41, 5.74) is 1.77. The molecule has 0 radical (unpaired) electrons. The van der Waals surface area contributed by atoms with Crippen LogP contribution in [0.4, 0.5) is 11.4 Å². The van der Waals surface area contributed by atoms with E-state index in [-0.39, 0.29) is 17.1 Å². The van der Waals surface area contributed by atoms with Crippen LogP contribution in [0.1, 0.15) is 11.1 Å². The maximum Gasteiger partial charge on any atom is 0.276 e. The second-order valence-corrected chi connectivity index (χ2v) is 8.90. The van der Waals surface area contributed by atoms with Gasteiger partial charge in [-0.1, -0.05) is 70.2 Å². The molecule has 0 atom stereocenters. The van der Waals surface area contributed by atoms with E-state index in [0.717, 1.165) is 21.7 Å². The lowest BCUT2D eigenvalue weighted by atomic mass is 10.2. The largest absolute Gasteiger partial charge is 0.298 e. The van der Waals surface area contributed by atoms with Gasteiger partial charge in [0, 0.05) is 27.9 Å². The van der Waals surface area contributed by atoms with Crippen LogP contribution in [0, 0.1) is 20.2 Å². The smallest absolute Gasteiger partial charge is 0.276 e. The molecular formula is C22H16BrN5O4S. The molecule has 3 aromatic carbocycles. The van der Waals surface area contributed by atoms with Crippen molar-refractivity contribution in [2.45, 2.75) is 17.5 Å². The fourth-order valence-corrected chi connectivity index (χ4v) is 4.34. The van der Waals surface area contributed by atoms with Crippen molar-refractivity contribution in [1.29, 1.82) is 0 Å². The van der Waals surface area contributed by atoms with Gasteiger partial charge in [0.05, 0.1) is 22.5 Å². The topological polar surface area (TPSA) is 117 Å². The molecule has 166 valence electrons. The van der Waals surface area contributed by atoms with Crippen molar-refractivity contribution in [3.63, 3.8) is 0 Å². The van der Waals surface area contributed by atoms with Crippen LogP contribution in [-0.4, -0.2) is 24.6 Å². The van der Waals surface area contributed by atoms with Gasteiger partial charge in [0.2, 0.25) is 0 Å². The first-order valence-corrected chi connectivity index (χ1v) is 11.5. The quantitative estimate of drug-likeness (QED) is 0.160. The van der Waals surface area contributed by atoms with Crippen molar-refractivity contribution in [3.8, 4) is 11.4 Å². The Balaban J connectivity index is 1.66. The maximum absolute atomic E-state index is 11.2. The molecule has 4 rings (SSSR count). The third kappa shape index (κ3) is 5.44. The van der Waals surface area contributed by atoms with Crippen molar-refractivity contribution in [3.05, 3.63) is 109 Å². The lowest BCUT2D eigenvalue weighted by Gasteiger charge is -2.11. The minimum atomic E-state index is -0.634. The average Bonchev–Trinajstić information content (AvgIpc) is 3.21. The van der Waals surface area contributed by atoms with Gasteiger partial charge < -0.3 is 0 Å². The van der Waals surface area contributed by atoms with Gasteiger partial charge in [0.25, 0.3) is 11.4 Å². The van der Waals surface area contributed by atoms with Crippen LogP contribution >= 0.6 is 27.7 Å². The van der Waals surface area contributed by atoms with Crippen LogP contribution in [0.2, 0.25) is 0 Å². The normalized spacial score (nSPS) is 10.8. The highest BCUT2D eigenvalue weighted by molar-refractivity contribution is 9.10. The van der Waals surface area contributed by atoms with E-state index in [1.807, 2.05) is 59.2 Å². The highest BCUT2D eigenvalue weighted by atomic mass is 79.9. The summed E-state index contributed by atoms with van der Waals surface area (Å²) in [5.74, 6) is 0.946. The summed E-state index contributed by atoms with van der Waals surface area (Å²) >= 11 is 4.75. The van der Waals surface area contributed by atoms with Crippen LogP contribution in [0.25, 0.3) is 11.4 Å². The molecular weight excluding hydrogens is 510 g/mol. The summed E-state index contributed by atoms with van der Waals surface area (Å²) < 4.78 is 2.94. The number of nitro benzene ring substituents is 2. The Morgan fingerprint density at radius 3 is 2.09 bits per heavy atom. The molecule has 0 saturated carbocycles. The number of hydrogen-bond acceptors (Lipinski definition) is 7. The molecule has 0 saturated heterocycles. The van der Waals surface area contributed by atoms with Gasteiger partial charge in [-0.05, 0) is 23.3 Å². The van der Waals surface area contributed by atoms with Crippen LogP contribution in [0.15, 0.2) is 82.4 Å². The number of nitro groups is 2. The summed E-state index contributed by atoms with van der Waals surface area (Å²) in [5, 5.41) is 31.7. The van der Waals surface area contributed by atoms with Crippen molar-refractivity contribution in [1.82, 2.24) is 14.8 Å². The predicted octanol–water partition coefficient (Wildman–Crippen LogP) is 5.86. The third-order valence-electron chi connectivity index (χ3n) is 4.75. The molecule has 1 heterocycles. The van der Waals surface area contributed by atoms with Gasteiger partial charge in [-0.25, -0.2) is 0 Å². The molecule has 0 aliphatic rings. The van der Waals surface area contributed by atoms with Crippen LogP contribution in [0.3, 0.4) is 0 Å². The molecule has 0 bridgehead atoms. The Morgan fingerprint density at radius 2 is 1.48 bits per heavy atom. The highest BCUT2D eigenvalue weighted by Crippen LogP contribution is 2.30. The van der Waals surface area contributed by atoms with Gasteiger partial charge in [-0.2, -0.15) is 0 Å². The number of thioether (sulfide) groups is 1. The molecule has 0 aliphatic heterocycles. The van der Waals surface area contributed by atoms with E-state index in [2.05, 4.69) is 26.1 Å². The van der Waals surface area contributed by atoms with Crippen LogP contribution in [0.5, 0.6) is 0 Å². The van der Waals surface area contributed by atoms with E-state index in [9.17, 15) is 20.2 Å². The molecule has 4 aromatic rings. The number of hydrogen-bond donors (Lipinski definition) is 0. The molecule has 9 nitrogen and oxygen atoms in total. The summed E-state index contributed by atoms with van der Waals surface area (Å²) in [6, 6.07) is 21.2. The first kappa shape index (κ1) is 22.6. The molecule has 11 heteroatoms. The van der Waals surface area contributed by atoms with Crippen molar-refractivity contribution in [2.24, 2.45) is 0 Å². The van der Waals surface area contributed by atoms with Gasteiger partial charge >= 0.3 is 0 Å². The number of aromatic nitrogens is 3. The molecule has 0 amide bonds. The standard InChI is InChI=1S/C22H16BrN5O4S/c23-18-8-6-15(7-9-18)13-26-21(17-4-2-1-3-5-17)24-25-22(26)33-14-16-10-19(27(29)30)12-20(11-16)28(31)32/h1-12H,13-14H2. The molecule has 0 spiro atoms. The van der Waals surface area contributed by atoms with E-state index in [4.69, 9.17) is 0 Å². The first-order valence-electron chi connectivity index (χ1n) is 9.69. The number of non-ortho nitro benzene ring substituents is 2. The Morgan fingerprint density at radius 1 is 0.848 bits per heavy atom. The number of benzene rings is 3. The van der Waals surface area contributed by atoms with Gasteiger partial charge in [0.15, 0.2) is 11.0 Å². The van der Waals surface area contributed by atoms with Crippen LogP contribution < -0.4 is 0 Å². The molecule has 1 aromatic heterocycles. The Kier molecular flexibility index (Phi) is 6.80. The average molecular weight is 526 g/mol. The summed E-state index contributed by atoms with van der Waals surface area (Å²) in [7, 11) is 0. The summed E-state index contributed by atoms with van der Waals surface area (Å²) in [4.78, 5) is 21.1. The number of halogens is 1. The minimum absolute atomic E-state index is 0.260. The van der Waals surface area contributed by atoms with Gasteiger partial charge in [-0.15, -0.1) is 10.2 Å². The zero-order chi connectivity index (χ0) is 23.4. The van der Waals surface area contributed by atoms with Gasteiger partial charge in [-0.3, -0.25) is 24.8 Å². The molecule has 0 fully saturated rings. The fourth-order valence-electron chi connectivity index (χ4n) is 3.21. The van der Waals surface area contributed by atoms with E-state index >= 15 is 0 Å². The van der Waals surface area contributed by atoms with E-state index < -0.39 is 9.85 Å². The zero-order valence-electron chi connectivity index (χ0n) is 17.0. The Hall–Kier alpha value is -3.57. The summed E-state index contributed by atoms with van der Waals surface area (Å²) in [6.45, 7) is 0.516. The molecule has 0 N–H and O–H groups in total. The Labute approximate surface area is 200 Å². The van der Waals surface area contributed by atoms with Crippen molar-refractivity contribution in [2.75, 3.05) is 0 Å². The van der Waals surface area contributed by atoms with E-state index in [1.54, 1.807) is 0 Å². The second-order valence-electron chi connectivity index (χ2n) is 7.05. The lowest BCUT2D eigenvalue weighted by molar-refractivity contribution is -0.394. The number of rotatable bonds is 8. The molecule has 0 unspecified atom stereocenters. The highest BCUT2D eigenvalue weighted by Gasteiger charge is 2.19. The lowest BCUT2D eigenvalue weighted by Crippen LogP contribution is -2.04. The molecule has 0 aliphatic carbocycles. The van der Waals surface area contributed by atoms with Crippen molar-refractivity contribution >= 4 is 39.1 Å². The first-order chi connectivity index (χ1) is 15.9. The minimum Gasteiger partial charge on any atom is -0.298 e. The molecule has 33 heavy (non-hydrogen) atoms. The Bertz CT molecular complexity index is 1280. The fraction of sp³-hybridized carbons (Fsp3) is 0.0909. The predicted molar refractivity (Wildman–Crippen MR) is 128 cm³/mol. The van der Waals surface area contributed by atoms with Crippen molar-refractivity contribution < 1.29 is 9.85 Å². The maximum atomic E-state index is 11.2. The van der Waals surface area contributed by atoms with E-state index in [1.165, 1.54) is 23.9 Å². The SMILES string of the molecule is O=[N+]([O-])c1cc(CSc2nnc(-c3ccccc3)n2Cc2ccc(Br)cc2)cc([N+](=O)[O-])c1. The monoisotopic (exact) mass is 525 g/mol. The summed E-state index contributed by atoms with van der Waals surface area (Å²) in [6.07, 6.45) is 0. The zero-order valence-corrected chi connectivity index (χ0v) is 19.4. The van der Waals surface area contributed by atoms with Gasteiger partial charge in [0.1, 0.15) is 0 Å². The van der Waals surface area contributed by atoms with Crippen LogP contribution in [-0.2, 0) is 12.3 Å². The number of nitrogens with zero attached hydrogens (tertiary/aromatic N) is 5.